The predicted octanol–water partition coefficient (Wildman–Crippen LogP) is 2.61. The van der Waals surface area contributed by atoms with E-state index in [1.807, 2.05) is 11.8 Å². The Morgan fingerprint density at radius 1 is 1.33 bits per heavy atom. The molecule has 2 heterocycles. The summed E-state index contributed by atoms with van der Waals surface area (Å²) < 4.78 is 0. The number of thioether (sulfide) groups is 1. The first-order chi connectivity index (χ1) is 10.3. The predicted molar refractivity (Wildman–Crippen MR) is 88.6 cm³/mol. The van der Waals surface area contributed by atoms with Gasteiger partial charge in [0.05, 0.1) is 12.0 Å². The molecule has 0 bridgehead atoms. The summed E-state index contributed by atoms with van der Waals surface area (Å²) >= 11 is 1.96. The largest absolute Gasteiger partial charge is 0.334 e. The van der Waals surface area contributed by atoms with Crippen molar-refractivity contribution in [1.29, 1.82) is 0 Å². The smallest absolute Gasteiger partial charge is 0.227 e. The van der Waals surface area contributed by atoms with Crippen LogP contribution < -0.4 is 5.32 Å². The molecule has 0 aliphatic carbocycles. The quantitative estimate of drug-likeness (QED) is 0.911. The number of hydrogen-bond acceptors (Lipinski definition) is 3. The molecule has 2 fully saturated rings. The minimum Gasteiger partial charge on any atom is -0.334 e. The number of piperidine rings is 1. The maximum Gasteiger partial charge on any atom is 0.227 e. The molecule has 0 radical (unpaired) electrons. The lowest BCUT2D eigenvalue weighted by atomic mass is 9.96. The van der Waals surface area contributed by atoms with Gasteiger partial charge in [-0.25, -0.2) is 0 Å². The van der Waals surface area contributed by atoms with Crippen LogP contribution in [0.4, 0.5) is 0 Å². The average Bonchev–Trinajstić information content (AvgIpc) is 2.56. The third-order valence-corrected chi connectivity index (χ3v) is 5.54. The van der Waals surface area contributed by atoms with Crippen molar-refractivity contribution in [3.05, 3.63) is 35.4 Å². The van der Waals surface area contributed by atoms with Gasteiger partial charge in [-0.1, -0.05) is 29.8 Å². The molecule has 114 valence electrons. The number of hydrogen-bond donors (Lipinski definition) is 1. The van der Waals surface area contributed by atoms with Gasteiger partial charge in [0, 0.05) is 24.6 Å². The molecule has 2 aliphatic rings. The van der Waals surface area contributed by atoms with E-state index in [4.69, 9.17) is 0 Å². The van der Waals surface area contributed by atoms with Crippen LogP contribution in [0.5, 0.6) is 0 Å². The zero-order valence-corrected chi connectivity index (χ0v) is 13.5. The first kappa shape index (κ1) is 14.9. The van der Waals surface area contributed by atoms with Crippen LogP contribution in [0.1, 0.15) is 30.0 Å². The minimum atomic E-state index is 0.176. The molecular formula is C17H24N2OS. The summed E-state index contributed by atoms with van der Waals surface area (Å²) in [6.45, 7) is 4.90. The average molecular weight is 304 g/mol. The lowest BCUT2D eigenvalue weighted by molar-refractivity contribution is -0.138. The zero-order valence-electron chi connectivity index (χ0n) is 12.7. The Kier molecular flexibility index (Phi) is 4.86. The fraction of sp³-hybridized carbons (Fsp3) is 0.588. The van der Waals surface area contributed by atoms with Gasteiger partial charge in [0.15, 0.2) is 0 Å². The number of benzene rings is 1. The molecule has 2 saturated heterocycles. The summed E-state index contributed by atoms with van der Waals surface area (Å²) in [4.78, 5) is 15.0. The van der Waals surface area contributed by atoms with Crippen LogP contribution in [-0.4, -0.2) is 41.9 Å². The van der Waals surface area contributed by atoms with E-state index in [2.05, 4.69) is 41.4 Å². The third-order valence-electron chi connectivity index (χ3n) is 4.52. The van der Waals surface area contributed by atoms with Gasteiger partial charge in [0.25, 0.3) is 0 Å². The highest BCUT2D eigenvalue weighted by Gasteiger charge is 2.33. The molecule has 0 saturated carbocycles. The van der Waals surface area contributed by atoms with Gasteiger partial charge in [-0.3, -0.25) is 4.79 Å². The van der Waals surface area contributed by atoms with Crippen LogP contribution in [0.15, 0.2) is 24.3 Å². The highest BCUT2D eigenvalue weighted by atomic mass is 32.2. The molecule has 3 rings (SSSR count). The van der Waals surface area contributed by atoms with Crippen molar-refractivity contribution in [3.8, 4) is 0 Å². The Labute approximate surface area is 131 Å². The van der Waals surface area contributed by atoms with Crippen LogP contribution in [0, 0.1) is 12.8 Å². The van der Waals surface area contributed by atoms with E-state index in [0.717, 1.165) is 44.0 Å². The first-order valence-corrected chi connectivity index (χ1v) is 9.06. The van der Waals surface area contributed by atoms with E-state index in [1.54, 1.807) is 0 Å². The van der Waals surface area contributed by atoms with E-state index in [0.29, 0.717) is 5.91 Å². The number of nitrogens with zero attached hydrogens (tertiary/aromatic N) is 1. The molecule has 1 amide bonds. The van der Waals surface area contributed by atoms with E-state index < -0.39 is 0 Å². The van der Waals surface area contributed by atoms with Crippen LogP contribution in [0.2, 0.25) is 0 Å². The van der Waals surface area contributed by atoms with Crippen molar-refractivity contribution in [2.75, 3.05) is 31.1 Å². The molecule has 3 nitrogen and oxygen atoms in total. The lowest BCUT2D eigenvalue weighted by Crippen LogP contribution is -2.47. The molecule has 0 aromatic heterocycles. The second kappa shape index (κ2) is 6.84. The number of rotatable bonds is 2. The Balaban J connectivity index is 1.77. The maximum absolute atomic E-state index is 12.9. The molecule has 2 atom stereocenters. The molecular weight excluding hydrogens is 280 g/mol. The van der Waals surface area contributed by atoms with E-state index in [1.165, 1.54) is 11.1 Å². The van der Waals surface area contributed by atoms with Gasteiger partial charge in [-0.05, 0) is 31.9 Å². The lowest BCUT2D eigenvalue weighted by Gasteiger charge is -2.38. The van der Waals surface area contributed by atoms with Crippen molar-refractivity contribution in [2.45, 2.75) is 25.8 Å². The highest BCUT2D eigenvalue weighted by Crippen LogP contribution is 2.31. The highest BCUT2D eigenvalue weighted by molar-refractivity contribution is 7.99. The van der Waals surface area contributed by atoms with E-state index in [-0.39, 0.29) is 12.0 Å². The van der Waals surface area contributed by atoms with Crippen molar-refractivity contribution in [3.63, 3.8) is 0 Å². The molecule has 1 aromatic carbocycles. The molecule has 4 heteroatoms. The fourth-order valence-electron chi connectivity index (χ4n) is 3.23. The molecule has 2 unspecified atom stereocenters. The zero-order chi connectivity index (χ0) is 14.7. The summed E-state index contributed by atoms with van der Waals surface area (Å²) in [6, 6.07) is 8.92. The van der Waals surface area contributed by atoms with Gasteiger partial charge in [0.2, 0.25) is 5.91 Å². The van der Waals surface area contributed by atoms with Gasteiger partial charge < -0.3 is 10.2 Å². The summed E-state index contributed by atoms with van der Waals surface area (Å²) in [5.41, 5.74) is 2.56. The van der Waals surface area contributed by atoms with Crippen molar-refractivity contribution in [1.82, 2.24) is 10.2 Å². The van der Waals surface area contributed by atoms with Gasteiger partial charge in [0.1, 0.15) is 0 Å². The molecule has 1 aromatic rings. The minimum absolute atomic E-state index is 0.176. The van der Waals surface area contributed by atoms with Crippen LogP contribution in [-0.2, 0) is 4.79 Å². The first-order valence-electron chi connectivity index (χ1n) is 7.91. The van der Waals surface area contributed by atoms with Crippen molar-refractivity contribution >= 4 is 17.7 Å². The Morgan fingerprint density at radius 3 is 2.86 bits per heavy atom. The van der Waals surface area contributed by atoms with Crippen LogP contribution in [0.3, 0.4) is 0 Å². The van der Waals surface area contributed by atoms with Crippen LogP contribution in [0.25, 0.3) is 0 Å². The summed E-state index contributed by atoms with van der Waals surface area (Å²) in [5.74, 6) is 2.62. The van der Waals surface area contributed by atoms with Gasteiger partial charge in [-0.2, -0.15) is 11.8 Å². The Hall–Kier alpha value is -1.00. The normalized spacial score (nSPS) is 26.6. The maximum atomic E-state index is 12.9. The molecule has 21 heavy (non-hydrogen) atoms. The summed E-state index contributed by atoms with van der Waals surface area (Å²) in [6.07, 6.45) is 2.16. The summed E-state index contributed by atoms with van der Waals surface area (Å²) in [5, 5.41) is 3.36. The Morgan fingerprint density at radius 2 is 2.14 bits per heavy atom. The fourth-order valence-corrected chi connectivity index (χ4v) is 4.32. The number of carbonyl (C=O) groups is 1. The number of aryl methyl sites for hydroxylation is 1. The number of nitrogens with one attached hydrogen (secondary N) is 1. The van der Waals surface area contributed by atoms with Crippen LogP contribution >= 0.6 is 11.8 Å². The van der Waals surface area contributed by atoms with E-state index >= 15 is 0 Å². The topological polar surface area (TPSA) is 32.3 Å². The second-order valence-electron chi connectivity index (χ2n) is 6.08. The van der Waals surface area contributed by atoms with Gasteiger partial charge >= 0.3 is 0 Å². The molecule has 2 aliphatic heterocycles. The number of amides is 1. The van der Waals surface area contributed by atoms with Crippen molar-refractivity contribution < 1.29 is 4.79 Å². The number of carbonyl (C=O) groups excluding carboxylic acids is 1. The van der Waals surface area contributed by atoms with E-state index in [9.17, 15) is 4.79 Å². The molecule has 0 spiro atoms. The SMILES string of the molecule is Cc1ccc(C2CSCCN2C(=O)C2CCCNC2)cc1. The third kappa shape index (κ3) is 3.43. The Bertz CT molecular complexity index is 482. The molecule has 1 N–H and O–H groups in total. The summed E-state index contributed by atoms with van der Waals surface area (Å²) in [7, 11) is 0. The second-order valence-corrected chi connectivity index (χ2v) is 7.23. The van der Waals surface area contributed by atoms with Crippen molar-refractivity contribution in [2.24, 2.45) is 5.92 Å². The standard InChI is InChI=1S/C17H24N2OS/c1-13-4-6-14(7-5-13)16-12-21-10-9-19(16)17(20)15-3-2-8-18-11-15/h4-7,15-16,18H,2-3,8-12H2,1H3. The van der Waals surface area contributed by atoms with Gasteiger partial charge in [-0.15, -0.1) is 0 Å². The monoisotopic (exact) mass is 304 g/mol.